The van der Waals surface area contributed by atoms with Gasteiger partial charge in [-0.3, -0.25) is 9.59 Å². The van der Waals surface area contributed by atoms with Crippen LogP contribution in [0.4, 0.5) is 0 Å². The zero-order valence-corrected chi connectivity index (χ0v) is 13.0. The topological polar surface area (TPSA) is 66.8 Å². The highest BCUT2D eigenvalue weighted by molar-refractivity contribution is 5.80. The highest BCUT2D eigenvalue weighted by Gasteiger charge is 2.45. The Balaban J connectivity index is 1.82. The number of hydrogen-bond donors (Lipinski definition) is 1. The van der Waals surface area contributed by atoms with Crippen molar-refractivity contribution in [3.05, 3.63) is 0 Å². The predicted molar refractivity (Wildman–Crippen MR) is 79.0 cm³/mol. The third kappa shape index (κ3) is 3.96. The molecule has 120 valence electrons. The summed E-state index contributed by atoms with van der Waals surface area (Å²) >= 11 is 0. The second-order valence-electron chi connectivity index (χ2n) is 6.43. The number of carboxylic acid groups (broad SMARTS) is 1. The molecule has 5 heteroatoms. The fraction of sp³-hybridized carbons (Fsp3) is 0.875. The number of carbonyl (C=O) groups excluding carboxylic acids is 1. The number of amides is 1. The van der Waals surface area contributed by atoms with Gasteiger partial charge in [0.05, 0.1) is 11.5 Å². The van der Waals surface area contributed by atoms with Crippen molar-refractivity contribution in [2.45, 2.75) is 64.4 Å². The van der Waals surface area contributed by atoms with Crippen molar-refractivity contribution in [1.82, 2.24) is 4.90 Å². The molecule has 0 aromatic rings. The van der Waals surface area contributed by atoms with E-state index in [1.807, 2.05) is 6.92 Å². The fourth-order valence-electron chi connectivity index (χ4n) is 3.53. The van der Waals surface area contributed by atoms with Crippen molar-refractivity contribution < 1.29 is 19.4 Å². The van der Waals surface area contributed by atoms with Crippen LogP contribution in [0, 0.1) is 5.41 Å². The molecule has 2 aliphatic rings. The molecule has 2 unspecified atom stereocenters. The van der Waals surface area contributed by atoms with E-state index in [9.17, 15) is 14.7 Å². The first-order valence-corrected chi connectivity index (χ1v) is 8.20. The van der Waals surface area contributed by atoms with Crippen molar-refractivity contribution in [1.29, 1.82) is 0 Å². The zero-order valence-electron chi connectivity index (χ0n) is 13.0. The Hall–Kier alpha value is -1.10. The molecule has 0 spiro atoms. The average molecular weight is 297 g/mol. The molecule has 5 nitrogen and oxygen atoms in total. The molecule has 2 atom stereocenters. The molecule has 0 aliphatic carbocycles. The average Bonchev–Trinajstić information content (AvgIpc) is 2.92. The highest BCUT2D eigenvalue weighted by Crippen LogP contribution is 2.36. The van der Waals surface area contributed by atoms with Crippen LogP contribution in [0.3, 0.4) is 0 Å². The van der Waals surface area contributed by atoms with Crippen LogP contribution in [0.5, 0.6) is 0 Å². The van der Waals surface area contributed by atoms with Crippen LogP contribution >= 0.6 is 0 Å². The molecule has 2 saturated heterocycles. The molecular weight excluding hydrogens is 270 g/mol. The lowest BCUT2D eigenvalue weighted by atomic mass is 9.83. The van der Waals surface area contributed by atoms with E-state index in [2.05, 4.69) is 0 Å². The van der Waals surface area contributed by atoms with Gasteiger partial charge in [-0.2, -0.15) is 0 Å². The molecule has 21 heavy (non-hydrogen) atoms. The van der Waals surface area contributed by atoms with Crippen molar-refractivity contribution in [3.8, 4) is 0 Å². The number of ether oxygens (including phenoxy) is 1. The lowest BCUT2D eigenvalue weighted by Crippen LogP contribution is -2.37. The zero-order chi connectivity index (χ0) is 15.3. The Bertz CT molecular complexity index is 378. The van der Waals surface area contributed by atoms with Gasteiger partial charge in [0, 0.05) is 26.1 Å². The van der Waals surface area contributed by atoms with Crippen LogP contribution in [0.2, 0.25) is 0 Å². The number of carboxylic acids is 1. The third-order valence-corrected chi connectivity index (χ3v) is 4.84. The van der Waals surface area contributed by atoms with Gasteiger partial charge < -0.3 is 14.7 Å². The minimum Gasteiger partial charge on any atom is -0.481 e. The smallest absolute Gasteiger partial charge is 0.311 e. The van der Waals surface area contributed by atoms with E-state index in [1.54, 1.807) is 4.90 Å². The fourth-order valence-corrected chi connectivity index (χ4v) is 3.53. The lowest BCUT2D eigenvalue weighted by molar-refractivity contribution is -0.149. The van der Waals surface area contributed by atoms with Crippen LogP contribution in [0.25, 0.3) is 0 Å². The molecule has 1 N–H and O–H groups in total. The second-order valence-corrected chi connectivity index (χ2v) is 6.43. The first-order chi connectivity index (χ1) is 10.1. The first kappa shape index (κ1) is 16.3. The summed E-state index contributed by atoms with van der Waals surface area (Å²) in [7, 11) is 0. The summed E-state index contributed by atoms with van der Waals surface area (Å²) in [6.07, 6.45) is 6.88. The van der Waals surface area contributed by atoms with E-state index in [0.29, 0.717) is 32.4 Å². The van der Waals surface area contributed by atoms with Crippen LogP contribution in [0.15, 0.2) is 0 Å². The van der Waals surface area contributed by atoms with Gasteiger partial charge in [-0.1, -0.05) is 13.3 Å². The van der Waals surface area contributed by atoms with Crippen LogP contribution in [-0.4, -0.2) is 47.7 Å². The quantitative estimate of drug-likeness (QED) is 0.817. The van der Waals surface area contributed by atoms with Crippen LogP contribution in [0.1, 0.15) is 58.3 Å². The largest absolute Gasteiger partial charge is 0.481 e. The molecule has 0 bridgehead atoms. The van der Waals surface area contributed by atoms with Gasteiger partial charge in [-0.25, -0.2) is 0 Å². The number of nitrogens with zero attached hydrogens (tertiary/aromatic N) is 1. The highest BCUT2D eigenvalue weighted by atomic mass is 16.5. The summed E-state index contributed by atoms with van der Waals surface area (Å²) < 4.78 is 5.64. The standard InChI is InChI=1S/C16H27NO4/c1-2-8-16(15(19)20)9-10-17(12-16)14(18)7-6-13-5-3-4-11-21-13/h13H,2-12H2,1H3,(H,19,20). The van der Waals surface area contributed by atoms with Gasteiger partial charge in [0.15, 0.2) is 0 Å². The SMILES string of the molecule is CCCC1(C(=O)O)CCN(C(=O)CCC2CCCCO2)C1. The number of carbonyl (C=O) groups is 2. The minimum atomic E-state index is -0.754. The second kappa shape index (κ2) is 7.25. The summed E-state index contributed by atoms with van der Waals surface area (Å²) in [5, 5.41) is 9.47. The van der Waals surface area contributed by atoms with Crippen LogP contribution in [-0.2, 0) is 14.3 Å². The van der Waals surface area contributed by atoms with Gasteiger partial charge >= 0.3 is 5.97 Å². The Morgan fingerprint density at radius 1 is 1.38 bits per heavy atom. The number of hydrogen-bond acceptors (Lipinski definition) is 3. The molecular formula is C16H27NO4. The monoisotopic (exact) mass is 297 g/mol. The minimum absolute atomic E-state index is 0.0865. The van der Waals surface area contributed by atoms with Gasteiger partial charge in [0.2, 0.25) is 5.91 Å². The molecule has 0 radical (unpaired) electrons. The van der Waals surface area contributed by atoms with Crippen molar-refractivity contribution in [2.75, 3.05) is 19.7 Å². The van der Waals surface area contributed by atoms with Crippen LogP contribution < -0.4 is 0 Å². The summed E-state index contributed by atoms with van der Waals surface area (Å²) in [6.45, 7) is 3.76. The molecule has 2 fully saturated rings. The summed E-state index contributed by atoms with van der Waals surface area (Å²) in [5.74, 6) is -0.668. The Morgan fingerprint density at radius 3 is 2.81 bits per heavy atom. The van der Waals surface area contributed by atoms with Crippen molar-refractivity contribution in [2.24, 2.45) is 5.41 Å². The van der Waals surface area contributed by atoms with E-state index >= 15 is 0 Å². The third-order valence-electron chi connectivity index (χ3n) is 4.84. The number of rotatable bonds is 6. The predicted octanol–water partition coefficient (Wildman–Crippen LogP) is 2.44. The van der Waals surface area contributed by atoms with E-state index in [1.165, 1.54) is 6.42 Å². The summed E-state index contributed by atoms with van der Waals surface area (Å²) in [4.78, 5) is 25.6. The Labute approximate surface area is 126 Å². The number of aliphatic carboxylic acids is 1. The molecule has 0 aromatic heterocycles. The molecule has 2 rings (SSSR count). The van der Waals surface area contributed by atoms with Crippen molar-refractivity contribution in [3.63, 3.8) is 0 Å². The van der Waals surface area contributed by atoms with E-state index < -0.39 is 11.4 Å². The molecule has 1 amide bonds. The molecule has 0 saturated carbocycles. The maximum Gasteiger partial charge on any atom is 0.311 e. The normalized spacial score (nSPS) is 29.6. The van der Waals surface area contributed by atoms with E-state index in [4.69, 9.17) is 4.74 Å². The van der Waals surface area contributed by atoms with Gasteiger partial charge in [-0.05, 0) is 38.5 Å². The lowest BCUT2D eigenvalue weighted by Gasteiger charge is -2.25. The maximum atomic E-state index is 12.3. The molecule has 0 aromatic carbocycles. The van der Waals surface area contributed by atoms with Gasteiger partial charge in [-0.15, -0.1) is 0 Å². The summed E-state index contributed by atoms with van der Waals surface area (Å²) in [5.41, 5.74) is -0.717. The van der Waals surface area contributed by atoms with E-state index in [-0.39, 0.29) is 12.0 Å². The molecule has 2 heterocycles. The Kier molecular flexibility index (Phi) is 5.62. The Morgan fingerprint density at radius 2 is 2.19 bits per heavy atom. The first-order valence-electron chi connectivity index (χ1n) is 8.20. The summed E-state index contributed by atoms with van der Waals surface area (Å²) in [6, 6.07) is 0. The molecule has 2 aliphatic heterocycles. The number of likely N-dealkylation sites (tertiary alicyclic amines) is 1. The van der Waals surface area contributed by atoms with Gasteiger partial charge in [0.1, 0.15) is 0 Å². The van der Waals surface area contributed by atoms with Crippen molar-refractivity contribution >= 4 is 11.9 Å². The van der Waals surface area contributed by atoms with E-state index in [0.717, 1.165) is 32.3 Å². The van der Waals surface area contributed by atoms with Gasteiger partial charge in [0.25, 0.3) is 0 Å². The maximum absolute atomic E-state index is 12.3.